The molecular weight excluding hydrogens is 242 g/mol. The van der Waals surface area contributed by atoms with Gasteiger partial charge in [0, 0.05) is 5.69 Å². The van der Waals surface area contributed by atoms with E-state index in [0.717, 1.165) is 17.0 Å². The van der Waals surface area contributed by atoms with E-state index in [2.05, 4.69) is 18.3 Å². The predicted octanol–water partition coefficient (Wildman–Crippen LogP) is 4.16. The summed E-state index contributed by atoms with van der Waals surface area (Å²) in [5.74, 6) is 1.16. The van der Waals surface area contributed by atoms with Gasteiger partial charge in [-0.3, -0.25) is 4.79 Å². The number of thioether (sulfide) groups is 1. The summed E-state index contributed by atoms with van der Waals surface area (Å²) in [6, 6.07) is 6.13. The van der Waals surface area contributed by atoms with Crippen LogP contribution in [0.25, 0.3) is 0 Å². The maximum atomic E-state index is 12.0. The standard InChI is InChI=1S/C15H23NOS/c1-5-6-9-18-13(4)15(17)16-14-10-11(2)7-8-12(14)3/h7-8,10,13H,5-6,9H2,1-4H3,(H,16,17). The number of benzene rings is 1. The number of hydrogen-bond donors (Lipinski definition) is 1. The lowest BCUT2D eigenvalue weighted by Gasteiger charge is -2.13. The molecule has 1 aromatic rings. The van der Waals surface area contributed by atoms with E-state index in [1.807, 2.05) is 32.9 Å². The molecule has 0 aliphatic heterocycles. The van der Waals surface area contributed by atoms with Crippen LogP contribution in [0.5, 0.6) is 0 Å². The van der Waals surface area contributed by atoms with Gasteiger partial charge in [-0.25, -0.2) is 0 Å². The van der Waals surface area contributed by atoms with Crippen LogP contribution in [0.4, 0.5) is 5.69 Å². The summed E-state index contributed by atoms with van der Waals surface area (Å²) < 4.78 is 0. The Kier molecular flexibility index (Phi) is 6.27. The van der Waals surface area contributed by atoms with Crippen LogP contribution in [-0.2, 0) is 4.79 Å². The van der Waals surface area contributed by atoms with Crippen molar-refractivity contribution in [2.75, 3.05) is 11.1 Å². The zero-order chi connectivity index (χ0) is 13.5. The minimum atomic E-state index is 0.0106. The summed E-state index contributed by atoms with van der Waals surface area (Å²) >= 11 is 1.73. The van der Waals surface area contributed by atoms with Gasteiger partial charge in [-0.1, -0.05) is 25.5 Å². The van der Waals surface area contributed by atoms with Gasteiger partial charge in [-0.2, -0.15) is 0 Å². The Morgan fingerprint density at radius 2 is 2.11 bits per heavy atom. The number of unbranched alkanes of at least 4 members (excludes halogenated alkanes) is 1. The second-order valence-electron chi connectivity index (χ2n) is 4.67. The van der Waals surface area contributed by atoms with Crippen molar-refractivity contribution in [1.29, 1.82) is 0 Å². The largest absolute Gasteiger partial charge is 0.325 e. The van der Waals surface area contributed by atoms with Crippen molar-refractivity contribution in [2.24, 2.45) is 0 Å². The Bertz CT molecular complexity index is 403. The molecule has 1 amide bonds. The average Bonchev–Trinajstić information content (AvgIpc) is 2.34. The van der Waals surface area contributed by atoms with Crippen molar-refractivity contribution in [1.82, 2.24) is 0 Å². The third-order valence-corrected chi connectivity index (χ3v) is 4.12. The normalized spacial score (nSPS) is 12.2. The predicted molar refractivity (Wildman–Crippen MR) is 81.4 cm³/mol. The fourth-order valence-corrected chi connectivity index (χ4v) is 2.60. The molecule has 1 unspecified atom stereocenters. The number of aryl methyl sites for hydroxylation is 2. The first-order chi connectivity index (χ1) is 8.54. The maximum absolute atomic E-state index is 12.0. The van der Waals surface area contributed by atoms with E-state index in [1.54, 1.807) is 11.8 Å². The molecule has 0 aliphatic rings. The van der Waals surface area contributed by atoms with E-state index in [4.69, 9.17) is 0 Å². The summed E-state index contributed by atoms with van der Waals surface area (Å²) in [5, 5.41) is 3.03. The number of hydrogen-bond acceptors (Lipinski definition) is 2. The molecule has 0 saturated carbocycles. The quantitative estimate of drug-likeness (QED) is 0.782. The Morgan fingerprint density at radius 3 is 2.78 bits per heavy atom. The Labute approximate surface area is 115 Å². The number of amides is 1. The minimum absolute atomic E-state index is 0.0106. The third-order valence-electron chi connectivity index (χ3n) is 2.89. The molecule has 1 N–H and O–H groups in total. The molecule has 1 rings (SSSR count). The first-order valence-corrected chi connectivity index (χ1v) is 7.59. The molecule has 100 valence electrons. The van der Waals surface area contributed by atoms with Crippen LogP contribution in [-0.4, -0.2) is 16.9 Å². The average molecular weight is 265 g/mol. The van der Waals surface area contributed by atoms with Crippen molar-refractivity contribution >= 4 is 23.4 Å². The fourth-order valence-electron chi connectivity index (χ4n) is 1.59. The molecular formula is C15H23NOS. The monoisotopic (exact) mass is 265 g/mol. The molecule has 18 heavy (non-hydrogen) atoms. The smallest absolute Gasteiger partial charge is 0.237 e. The van der Waals surface area contributed by atoms with E-state index < -0.39 is 0 Å². The van der Waals surface area contributed by atoms with Crippen LogP contribution in [0.2, 0.25) is 0 Å². The molecule has 2 nitrogen and oxygen atoms in total. The molecule has 1 aromatic carbocycles. The van der Waals surface area contributed by atoms with Crippen LogP contribution in [0.1, 0.15) is 37.8 Å². The lowest BCUT2D eigenvalue weighted by molar-refractivity contribution is -0.115. The van der Waals surface area contributed by atoms with Gasteiger partial charge in [0.25, 0.3) is 0 Å². The summed E-state index contributed by atoms with van der Waals surface area (Å²) in [5.41, 5.74) is 3.21. The highest BCUT2D eigenvalue weighted by atomic mass is 32.2. The second kappa shape index (κ2) is 7.47. The summed E-state index contributed by atoms with van der Waals surface area (Å²) in [7, 11) is 0. The van der Waals surface area contributed by atoms with E-state index in [-0.39, 0.29) is 11.2 Å². The minimum Gasteiger partial charge on any atom is -0.325 e. The van der Waals surface area contributed by atoms with E-state index >= 15 is 0 Å². The summed E-state index contributed by atoms with van der Waals surface area (Å²) in [6.07, 6.45) is 2.35. The van der Waals surface area contributed by atoms with Gasteiger partial charge < -0.3 is 5.32 Å². The van der Waals surface area contributed by atoms with Crippen LogP contribution < -0.4 is 5.32 Å². The van der Waals surface area contributed by atoms with Crippen molar-refractivity contribution in [2.45, 2.75) is 45.8 Å². The third kappa shape index (κ3) is 4.73. The van der Waals surface area contributed by atoms with Crippen LogP contribution >= 0.6 is 11.8 Å². The zero-order valence-electron chi connectivity index (χ0n) is 11.7. The number of anilines is 1. The maximum Gasteiger partial charge on any atom is 0.237 e. The van der Waals surface area contributed by atoms with Crippen LogP contribution in [0.3, 0.4) is 0 Å². The van der Waals surface area contributed by atoms with Crippen molar-refractivity contribution in [3.8, 4) is 0 Å². The van der Waals surface area contributed by atoms with Gasteiger partial charge in [-0.15, -0.1) is 11.8 Å². The highest BCUT2D eigenvalue weighted by Gasteiger charge is 2.13. The van der Waals surface area contributed by atoms with Crippen molar-refractivity contribution < 1.29 is 4.79 Å². The van der Waals surface area contributed by atoms with Gasteiger partial charge in [0.1, 0.15) is 0 Å². The van der Waals surface area contributed by atoms with Crippen molar-refractivity contribution in [3.05, 3.63) is 29.3 Å². The van der Waals surface area contributed by atoms with Crippen LogP contribution in [0, 0.1) is 13.8 Å². The molecule has 0 bridgehead atoms. The molecule has 1 atom stereocenters. The summed E-state index contributed by atoms with van der Waals surface area (Å²) in [6.45, 7) is 8.20. The fraction of sp³-hybridized carbons (Fsp3) is 0.533. The SMILES string of the molecule is CCCCSC(C)C(=O)Nc1cc(C)ccc1C. The number of nitrogens with one attached hydrogen (secondary N) is 1. The molecule has 0 aromatic heterocycles. The lowest BCUT2D eigenvalue weighted by atomic mass is 10.1. The topological polar surface area (TPSA) is 29.1 Å². The highest BCUT2D eigenvalue weighted by molar-refractivity contribution is 8.00. The Balaban J connectivity index is 2.55. The zero-order valence-corrected chi connectivity index (χ0v) is 12.6. The molecule has 0 spiro atoms. The Morgan fingerprint density at radius 1 is 1.39 bits per heavy atom. The molecule has 0 heterocycles. The lowest BCUT2D eigenvalue weighted by Crippen LogP contribution is -2.23. The van der Waals surface area contributed by atoms with E-state index in [9.17, 15) is 4.79 Å². The van der Waals surface area contributed by atoms with Gasteiger partial charge in [-0.05, 0) is 50.1 Å². The molecule has 0 fully saturated rings. The first kappa shape index (κ1) is 15.1. The molecule has 0 radical (unpaired) electrons. The van der Waals surface area contributed by atoms with E-state index in [1.165, 1.54) is 18.4 Å². The highest BCUT2D eigenvalue weighted by Crippen LogP contribution is 2.19. The van der Waals surface area contributed by atoms with Gasteiger partial charge in [0.05, 0.1) is 5.25 Å². The van der Waals surface area contributed by atoms with Crippen LogP contribution in [0.15, 0.2) is 18.2 Å². The number of carbonyl (C=O) groups is 1. The summed E-state index contributed by atoms with van der Waals surface area (Å²) in [4.78, 5) is 12.0. The van der Waals surface area contributed by atoms with Gasteiger partial charge in [0.15, 0.2) is 0 Å². The molecule has 0 saturated heterocycles. The van der Waals surface area contributed by atoms with Gasteiger partial charge in [0.2, 0.25) is 5.91 Å². The Hall–Kier alpha value is -0.960. The number of rotatable bonds is 6. The van der Waals surface area contributed by atoms with Gasteiger partial charge >= 0.3 is 0 Å². The van der Waals surface area contributed by atoms with E-state index in [0.29, 0.717) is 0 Å². The van der Waals surface area contributed by atoms with Crippen molar-refractivity contribution in [3.63, 3.8) is 0 Å². The number of carbonyl (C=O) groups excluding carboxylic acids is 1. The first-order valence-electron chi connectivity index (χ1n) is 6.54. The second-order valence-corrected chi connectivity index (χ2v) is 6.12. The molecule has 3 heteroatoms. The molecule has 0 aliphatic carbocycles.